The Hall–Kier alpha value is -6.00. The van der Waals surface area contributed by atoms with Crippen molar-refractivity contribution in [3.8, 4) is 34.5 Å². The number of rotatable bonds is 13. The number of nitrogens with one attached hydrogen (secondary N) is 2. The Morgan fingerprint density at radius 2 is 0.936 bits per heavy atom. The highest BCUT2D eigenvalue weighted by molar-refractivity contribution is 8.75. The maximum atomic E-state index is 14.1. The summed E-state index contributed by atoms with van der Waals surface area (Å²) >= 11 is 0. The Morgan fingerprint density at radius 3 is 1.28 bits per heavy atom. The Bertz CT molecular complexity index is 3030. The Kier molecular flexibility index (Phi) is 14.6. The minimum atomic E-state index is -2.15. The second kappa shape index (κ2) is 20.6. The van der Waals surface area contributed by atoms with E-state index in [-0.39, 0.29) is 68.8 Å². The molecule has 12 atom stereocenters. The van der Waals surface area contributed by atoms with E-state index in [0.717, 1.165) is 35.8 Å². The molecule has 10 rings (SSSR count). The number of Topliss-reactive ketones (excluding diaryl/α,β-unsaturated/α-hetero) is 2. The van der Waals surface area contributed by atoms with Crippen molar-refractivity contribution in [2.75, 3.05) is 14.2 Å². The van der Waals surface area contributed by atoms with E-state index in [0.29, 0.717) is 0 Å². The third-order valence-corrected chi connectivity index (χ3v) is 17.7. The number of hydrogen-bond acceptors (Lipinski definition) is 24. The van der Waals surface area contributed by atoms with E-state index in [1.165, 1.54) is 50.6 Å². The number of fused-ring (bicyclic) bond motifs is 6. The van der Waals surface area contributed by atoms with Crippen molar-refractivity contribution in [3.05, 3.63) is 103 Å². The van der Waals surface area contributed by atoms with Crippen LogP contribution in [-0.4, -0.2) is 150 Å². The van der Waals surface area contributed by atoms with Crippen LogP contribution >= 0.6 is 22.0 Å². The van der Waals surface area contributed by atoms with Crippen LogP contribution < -0.4 is 18.9 Å². The first-order valence-electron chi connectivity index (χ1n) is 25.0. The number of phenols is 4. The van der Waals surface area contributed by atoms with Gasteiger partial charge in [-0.2, -0.15) is 0 Å². The van der Waals surface area contributed by atoms with E-state index >= 15 is 0 Å². The summed E-state index contributed by atoms with van der Waals surface area (Å²) in [5.74, 6) is -7.32. The number of methoxy groups -OCH3 is 2. The van der Waals surface area contributed by atoms with Gasteiger partial charge in [-0.05, 0) is 39.8 Å². The molecule has 0 spiro atoms. The van der Waals surface area contributed by atoms with Crippen LogP contribution in [0.4, 0.5) is 0 Å². The number of carbonyl (C=O) groups is 6. The van der Waals surface area contributed by atoms with Crippen molar-refractivity contribution >= 4 is 56.7 Å². The fourth-order valence-electron chi connectivity index (χ4n) is 11.7. The van der Waals surface area contributed by atoms with Gasteiger partial charge in [0.05, 0.1) is 96.3 Å². The van der Waals surface area contributed by atoms with Gasteiger partial charge in [-0.3, -0.25) is 28.8 Å². The first-order valence-corrected chi connectivity index (χ1v) is 27.1. The quantitative estimate of drug-likeness (QED) is 0.0342. The number of ketones is 6. The molecule has 22 nitrogen and oxygen atoms in total. The lowest BCUT2D eigenvalue weighted by molar-refractivity contribution is -0.248. The van der Waals surface area contributed by atoms with Gasteiger partial charge in [0.2, 0.25) is 11.6 Å². The predicted octanol–water partition coefficient (Wildman–Crippen LogP) is 3.54. The van der Waals surface area contributed by atoms with Crippen molar-refractivity contribution in [2.24, 2.45) is 0 Å². The lowest BCUT2D eigenvalue weighted by Gasteiger charge is -2.43. The van der Waals surface area contributed by atoms with Crippen LogP contribution in [-0.2, 0) is 41.4 Å². The molecule has 2 heterocycles. The molecule has 2 aliphatic heterocycles. The number of aromatic hydroxyl groups is 4. The Labute approximate surface area is 453 Å². The molecule has 78 heavy (non-hydrogen) atoms. The van der Waals surface area contributed by atoms with E-state index < -0.39 is 178 Å². The number of ether oxygens (including phenoxy) is 6. The van der Waals surface area contributed by atoms with E-state index in [4.69, 9.17) is 28.4 Å². The van der Waals surface area contributed by atoms with Crippen LogP contribution in [0.15, 0.2) is 36.4 Å². The van der Waals surface area contributed by atoms with Crippen molar-refractivity contribution in [1.29, 1.82) is 0 Å². The molecule has 10 N–H and O–H groups in total. The number of benzene rings is 4. The molecular formula is C54H56N2O20S2. The molecular weight excluding hydrogens is 1060 g/mol. The van der Waals surface area contributed by atoms with Crippen LogP contribution in [0, 0.1) is 0 Å². The van der Waals surface area contributed by atoms with Gasteiger partial charge in [-0.1, -0.05) is 24.3 Å². The SMILES string of the molecule is COc1cccc2c1C(=O)c1c(O)c3c(c(O)c1C2=O)C[C@@](O)(C(C)=O)C[C@@H]3OC1CC(NSSNC2CC(O[C@H]3C[C@](O)(C(C)=O)Cc4c(O)c5c(c(O)c43)C(=O)c3c(OC)cccc3C5=O)OC(C)C2O)C(O)C(C)O1. The molecule has 2 saturated heterocycles. The topological polar surface area (TPSA) is 344 Å². The van der Waals surface area contributed by atoms with Gasteiger partial charge >= 0.3 is 0 Å². The molecule has 0 saturated carbocycles. The maximum absolute atomic E-state index is 14.1. The lowest BCUT2D eigenvalue weighted by atomic mass is 9.72. The number of hydrogen-bond donors (Lipinski definition) is 10. The first kappa shape index (κ1) is 55.3. The van der Waals surface area contributed by atoms with Crippen LogP contribution in [0.3, 0.4) is 0 Å². The summed E-state index contributed by atoms with van der Waals surface area (Å²) in [7, 11) is 4.66. The largest absolute Gasteiger partial charge is 0.507 e. The number of carbonyl (C=O) groups excluding carboxylic acids is 6. The molecule has 4 aromatic carbocycles. The van der Waals surface area contributed by atoms with E-state index in [1.807, 2.05) is 0 Å². The zero-order chi connectivity index (χ0) is 56.2. The summed E-state index contributed by atoms with van der Waals surface area (Å²) in [6.07, 6.45) is -11.4. The van der Waals surface area contributed by atoms with Crippen molar-refractivity contribution in [1.82, 2.24) is 9.44 Å². The zero-order valence-electron chi connectivity index (χ0n) is 42.8. The van der Waals surface area contributed by atoms with Crippen LogP contribution in [0.1, 0.15) is 152 Å². The summed E-state index contributed by atoms with van der Waals surface area (Å²) in [5.41, 5.74) is -7.39. The second-order valence-corrected chi connectivity index (χ2v) is 22.4. The molecule has 0 radical (unpaired) electrons. The highest BCUT2D eigenvalue weighted by atomic mass is 33.1. The van der Waals surface area contributed by atoms with Gasteiger partial charge in [0.25, 0.3) is 0 Å². The fourth-order valence-corrected chi connectivity index (χ4v) is 13.5. The van der Waals surface area contributed by atoms with Crippen LogP contribution in [0.25, 0.3) is 0 Å². The molecule has 0 bridgehead atoms. The van der Waals surface area contributed by atoms with Gasteiger partial charge < -0.3 is 69.3 Å². The second-order valence-electron chi connectivity index (χ2n) is 20.6. The predicted molar refractivity (Wildman–Crippen MR) is 274 cm³/mol. The van der Waals surface area contributed by atoms with E-state index in [2.05, 4.69) is 9.44 Å². The molecule has 414 valence electrons. The molecule has 2 fully saturated rings. The highest BCUT2D eigenvalue weighted by Gasteiger charge is 2.52. The molecule has 24 heteroatoms. The smallest absolute Gasteiger partial charge is 0.202 e. The zero-order valence-corrected chi connectivity index (χ0v) is 44.4. The monoisotopic (exact) mass is 1120 g/mol. The van der Waals surface area contributed by atoms with Gasteiger partial charge in [0.1, 0.15) is 45.7 Å². The van der Waals surface area contributed by atoms with Crippen LogP contribution in [0.2, 0.25) is 0 Å². The van der Waals surface area contributed by atoms with Gasteiger partial charge in [0.15, 0.2) is 35.7 Å². The Morgan fingerprint density at radius 1 is 0.577 bits per heavy atom. The standard InChI is InChI=1S/C54H56N2O20S2/c1-19-43(59)27(13-33(73-19)75-31-17-53(69,21(3)57)15-25-37(31)51(67)41-39(47(25)63)45(61)23-9-7-11-29(71-5)35(23)49(41)65)55-77-78-56-28-14-34(74-20(2)44(28)60)76-32-18-54(70,22(4)58)16-26-38(32)52(68)42-40(48(26)64)46(62)24-10-8-12-30(72-6)36(24)50(42)66/h7-12,19-20,27-28,31-34,43-44,55-56,59-60,63-64,67-70H,13-18H2,1-6H3/t19?,20?,27?,28?,31-,32-,33?,34?,43?,44?,53-,54-/m0/s1. The minimum Gasteiger partial charge on any atom is -0.507 e. The summed E-state index contributed by atoms with van der Waals surface area (Å²) in [6.45, 7) is 5.43. The average molecular weight is 1120 g/mol. The van der Waals surface area contributed by atoms with Gasteiger partial charge in [-0.15, -0.1) is 0 Å². The maximum Gasteiger partial charge on any atom is 0.202 e. The van der Waals surface area contributed by atoms with Gasteiger partial charge in [0, 0.05) is 93.9 Å². The fraction of sp³-hybridized carbons (Fsp3) is 0.444. The molecule has 4 aromatic rings. The minimum absolute atomic E-state index is 0.0575. The summed E-state index contributed by atoms with van der Waals surface area (Å²) in [4.78, 5) is 82.1. The molecule has 0 aromatic heterocycles. The third-order valence-electron chi connectivity index (χ3n) is 15.9. The average Bonchev–Trinajstić information content (AvgIpc) is 3.60. The normalized spacial score (nSPS) is 30.1. The highest BCUT2D eigenvalue weighted by Crippen LogP contribution is 2.55. The van der Waals surface area contributed by atoms with E-state index in [1.54, 1.807) is 13.8 Å². The lowest BCUT2D eigenvalue weighted by Crippen LogP contribution is -2.54. The number of aliphatic hydroxyl groups is 4. The molecule has 4 aliphatic carbocycles. The first-order chi connectivity index (χ1) is 36.9. The summed E-state index contributed by atoms with van der Waals surface area (Å²) < 4.78 is 41.9. The third kappa shape index (κ3) is 8.95. The number of aliphatic hydroxyl groups excluding tert-OH is 2. The molecule has 8 unspecified atom stereocenters. The van der Waals surface area contributed by atoms with Crippen molar-refractivity contribution in [3.63, 3.8) is 0 Å². The van der Waals surface area contributed by atoms with Crippen molar-refractivity contribution in [2.45, 2.75) is 139 Å². The van der Waals surface area contributed by atoms with Gasteiger partial charge in [-0.25, -0.2) is 9.44 Å². The summed E-state index contributed by atoms with van der Waals surface area (Å²) in [5, 5.41) is 93.4. The van der Waals surface area contributed by atoms with Crippen molar-refractivity contribution < 1.29 is 98.0 Å². The van der Waals surface area contributed by atoms with E-state index in [9.17, 15) is 69.6 Å². The van der Waals surface area contributed by atoms with Crippen LogP contribution in [0.5, 0.6) is 34.5 Å². The number of phenolic OH excluding ortho intramolecular Hbond substituents is 4. The summed E-state index contributed by atoms with van der Waals surface area (Å²) in [6, 6.07) is 7.11. The molecule has 0 amide bonds. The Balaban J connectivity index is 0.846. The molecule has 6 aliphatic rings.